The van der Waals surface area contributed by atoms with Gasteiger partial charge in [0, 0.05) is 5.56 Å². The minimum absolute atomic E-state index is 0.0740. The van der Waals surface area contributed by atoms with E-state index in [1.165, 1.54) is 18.2 Å². The van der Waals surface area contributed by atoms with Gasteiger partial charge >= 0.3 is 5.97 Å². The van der Waals surface area contributed by atoms with Crippen LogP contribution >= 0.6 is 34.8 Å². The Morgan fingerprint density at radius 1 is 1.15 bits per heavy atom. The lowest BCUT2D eigenvalue weighted by molar-refractivity contribution is -0.136. The van der Waals surface area contributed by atoms with Crippen LogP contribution < -0.4 is 0 Å². The van der Waals surface area contributed by atoms with Gasteiger partial charge in [0.2, 0.25) is 5.95 Å². The van der Waals surface area contributed by atoms with Gasteiger partial charge in [-0.3, -0.25) is 4.79 Å². The maximum atomic E-state index is 13.4. The molecule has 104 valence electrons. The molecule has 0 saturated carbocycles. The van der Waals surface area contributed by atoms with Gasteiger partial charge in [-0.15, -0.1) is 0 Å². The van der Waals surface area contributed by atoms with Crippen LogP contribution in [-0.4, -0.2) is 16.1 Å². The minimum atomic E-state index is -1.08. The number of aliphatic carboxylic acids is 1. The Morgan fingerprint density at radius 2 is 1.80 bits per heavy atom. The van der Waals surface area contributed by atoms with E-state index in [1.807, 2.05) is 0 Å². The van der Waals surface area contributed by atoms with Crippen LogP contribution in [0.3, 0.4) is 0 Å². The lowest BCUT2D eigenvalue weighted by Gasteiger charge is -2.11. The Kier molecular flexibility index (Phi) is 4.48. The molecule has 1 aromatic carbocycles. The largest absolute Gasteiger partial charge is 0.481 e. The highest BCUT2D eigenvalue weighted by molar-refractivity contribution is 6.46. The summed E-state index contributed by atoms with van der Waals surface area (Å²) in [6.07, 6.45) is -0.332. The van der Waals surface area contributed by atoms with Crippen LogP contribution in [0.4, 0.5) is 4.39 Å². The third kappa shape index (κ3) is 3.03. The van der Waals surface area contributed by atoms with E-state index < -0.39 is 11.9 Å². The van der Waals surface area contributed by atoms with Crippen molar-refractivity contribution in [1.82, 2.24) is 4.98 Å². The molecule has 0 fully saturated rings. The number of hydrogen-bond acceptors (Lipinski definition) is 2. The first-order valence-electron chi connectivity index (χ1n) is 5.41. The normalized spacial score (nSPS) is 10.6. The number of rotatable bonds is 3. The zero-order chi connectivity index (χ0) is 14.9. The molecule has 0 aliphatic carbocycles. The number of nitrogens with zero attached hydrogens (tertiary/aromatic N) is 1. The molecule has 0 aliphatic rings. The van der Waals surface area contributed by atoms with E-state index in [1.54, 1.807) is 0 Å². The summed E-state index contributed by atoms with van der Waals surface area (Å²) in [5.41, 5.74) is 0.589. The maximum Gasteiger partial charge on any atom is 0.307 e. The predicted octanol–water partition coefficient (Wildman–Crippen LogP) is 4.48. The van der Waals surface area contributed by atoms with Crippen LogP contribution in [0.5, 0.6) is 0 Å². The Bertz CT molecular complexity index is 692. The molecule has 1 heterocycles. The van der Waals surface area contributed by atoms with Crippen LogP contribution in [0.15, 0.2) is 24.3 Å². The Labute approximate surface area is 128 Å². The van der Waals surface area contributed by atoms with E-state index in [9.17, 15) is 9.18 Å². The summed E-state index contributed by atoms with van der Waals surface area (Å²) in [4.78, 5) is 14.6. The summed E-state index contributed by atoms with van der Waals surface area (Å²) in [5, 5.41) is 9.42. The summed E-state index contributed by atoms with van der Waals surface area (Å²) in [6.45, 7) is 0. The van der Waals surface area contributed by atoms with Gasteiger partial charge < -0.3 is 5.11 Å². The first-order chi connectivity index (χ1) is 9.40. The second kappa shape index (κ2) is 5.95. The minimum Gasteiger partial charge on any atom is -0.481 e. The molecule has 3 nitrogen and oxygen atoms in total. The Hall–Kier alpha value is -1.36. The number of carboxylic acid groups (broad SMARTS) is 1. The second-order valence-electron chi connectivity index (χ2n) is 3.93. The molecule has 0 atom stereocenters. The van der Waals surface area contributed by atoms with Gasteiger partial charge in [-0.1, -0.05) is 40.9 Å². The predicted molar refractivity (Wildman–Crippen MR) is 76.0 cm³/mol. The fourth-order valence-electron chi connectivity index (χ4n) is 1.73. The fourth-order valence-corrected chi connectivity index (χ4v) is 2.44. The third-order valence-corrected chi connectivity index (χ3v) is 3.69. The quantitative estimate of drug-likeness (QED) is 0.665. The van der Waals surface area contributed by atoms with Gasteiger partial charge in [0.15, 0.2) is 0 Å². The van der Waals surface area contributed by atoms with Crippen molar-refractivity contribution in [2.45, 2.75) is 6.42 Å². The van der Waals surface area contributed by atoms with E-state index in [0.717, 1.165) is 6.07 Å². The molecule has 20 heavy (non-hydrogen) atoms. The highest BCUT2D eigenvalue weighted by atomic mass is 35.5. The summed E-state index contributed by atoms with van der Waals surface area (Å²) >= 11 is 18.0. The number of carbonyl (C=O) groups is 1. The third-order valence-electron chi connectivity index (χ3n) is 2.57. The molecule has 0 bridgehead atoms. The Balaban J connectivity index is 2.71. The molecule has 0 saturated heterocycles. The van der Waals surface area contributed by atoms with Crippen molar-refractivity contribution in [2.24, 2.45) is 0 Å². The molecule has 0 spiro atoms. The van der Waals surface area contributed by atoms with Crippen LogP contribution in [-0.2, 0) is 11.2 Å². The number of aromatic nitrogens is 1. The number of pyridine rings is 1. The van der Waals surface area contributed by atoms with E-state index in [-0.39, 0.29) is 32.7 Å². The molecule has 1 aromatic heterocycles. The van der Waals surface area contributed by atoms with Crippen molar-refractivity contribution < 1.29 is 14.3 Å². The van der Waals surface area contributed by atoms with Crippen LogP contribution in [0, 0.1) is 5.95 Å². The molecule has 7 heteroatoms. The van der Waals surface area contributed by atoms with Crippen molar-refractivity contribution in [1.29, 1.82) is 0 Å². The summed E-state index contributed by atoms with van der Waals surface area (Å²) < 4.78 is 13.4. The summed E-state index contributed by atoms with van der Waals surface area (Å²) in [6, 6.07) is 5.39. The lowest BCUT2D eigenvalue weighted by atomic mass is 10.0. The number of carboxylic acids is 1. The van der Waals surface area contributed by atoms with Gasteiger partial charge in [-0.25, -0.2) is 4.98 Å². The van der Waals surface area contributed by atoms with Gasteiger partial charge in [0.05, 0.1) is 27.2 Å². The Morgan fingerprint density at radius 3 is 2.45 bits per heavy atom. The molecular formula is C13H7Cl3FNO2. The second-order valence-corrected chi connectivity index (χ2v) is 5.12. The summed E-state index contributed by atoms with van der Waals surface area (Å²) in [7, 11) is 0. The van der Waals surface area contributed by atoms with Crippen molar-refractivity contribution >= 4 is 40.8 Å². The van der Waals surface area contributed by atoms with Gasteiger partial charge in [0.25, 0.3) is 0 Å². The highest BCUT2D eigenvalue weighted by Crippen LogP contribution is 2.39. The first kappa shape index (κ1) is 15.0. The van der Waals surface area contributed by atoms with Crippen LogP contribution in [0.25, 0.3) is 11.3 Å². The van der Waals surface area contributed by atoms with Gasteiger partial charge in [-0.05, 0) is 23.8 Å². The van der Waals surface area contributed by atoms with Gasteiger partial charge in [-0.2, -0.15) is 4.39 Å². The van der Waals surface area contributed by atoms with E-state index in [0.29, 0.717) is 5.56 Å². The van der Waals surface area contributed by atoms with Gasteiger partial charge in [0.1, 0.15) is 0 Å². The topological polar surface area (TPSA) is 50.2 Å². The van der Waals surface area contributed by atoms with Crippen LogP contribution in [0.2, 0.25) is 15.1 Å². The number of benzene rings is 1. The van der Waals surface area contributed by atoms with Crippen molar-refractivity contribution in [2.75, 3.05) is 0 Å². The number of hydrogen-bond donors (Lipinski definition) is 1. The standard InChI is InChI=1S/C13H7Cl3FNO2/c14-7-2-3-8(15)12(16)11(7)13-6(5-10(19)20)1-4-9(17)18-13/h1-4H,5H2,(H,19,20). The molecule has 0 radical (unpaired) electrons. The molecular weight excluding hydrogens is 328 g/mol. The lowest BCUT2D eigenvalue weighted by Crippen LogP contribution is -2.04. The molecule has 0 unspecified atom stereocenters. The zero-order valence-corrected chi connectivity index (χ0v) is 12.1. The SMILES string of the molecule is O=C(O)Cc1ccc(F)nc1-c1c(Cl)ccc(Cl)c1Cl. The van der Waals surface area contributed by atoms with Crippen molar-refractivity contribution in [3.8, 4) is 11.3 Å². The smallest absolute Gasteiger partial charge is 0.307 e. The maximum absolute atomic E-state index is 13.4. The first-order valence-corrected chi connectivity index (χ1v) is 6.54. The average Bonchev–Trinajstić information content (AvgIpc) is 2.37. The molecule has 0 aliphatic heterocycles. The monoisotopic (exact) mass is 333 g/mol. The molecule has 2 aromatic rings. The van der Waals surface area contributed by atoms with E-state index >= 15 is 0 Å². The molecule has 0 amide bonds. The number of halogens is 4. The van der Waals surface area contributed by atoms with Crippen molar-refractivity contribution in [3.63, 3.8) is 0 Å². The zero-order valence-electron chi connectivity index (χ0n) is 9.83. The highest BCUT2D eigenvalue weighted by Gasteiger charge is 2.18. The average molecular weight is 335 g/mol. The van der Waals surface area contributed by atoms with E-state index in [4.69, 9.17) is 39.9 Å². The van der Waals surface area contributed by atoms with Crippen LogP contribution in [0.1, 0.15) is 5.56 Å². The summed E-state index contributed by atoms with van der Waals surface area (Å²) in [5.74, 6) is -1.84. The fraction of sp³-hybridized carbons (Fsp3) is 0.0769. The van der Waals surface area contributed by atoms with Crippen molar-refractivity contribution in [3.05, 3.63) is 50.8 Å². The molecule has 1 N–H and O–H groups in total. The van der Waals surface area contributed by atoms with E-state index in [2.05, 4.69) is 4.98 Å². The molecule has 2 rings (SSSR count).